The van der Waals surface area contributed by atoms with Gasteiger partial charge in [0.15, 0.2) is 0 Å². The first-order chi connectivity index (χ1) is 16.3. The van der Waals surface area contributed by atoms with Crippen molar-refractivity contribution in [2.45, 2.75) is 69.2 Å². The van der Waals surface area contributed by atoms with E-state index in [4.69, 9.17) is 14.2 Å². The Morgan fingerprint density at radius 1 is 1.26 bits per heavy atom. The standard InChI is InChI=1S/C27H38N2O5/c1-6-15-33-17-27(31)23-26(20-10-9-19(32-5)16-21(20)28(23)4)12-14-29-13-8-11-25(7-2,22(26)29)24(27)34-18(3)30/h8-11,16,22-24,31H,6-7,12-15,17H2,1-5H3/t22-,23+,24+,25+,26+,27?/m0/s1. The Balaban J connectivity index is 1.78. The van der Waals surface area contributed by atoms with E-state index >= 15 is 0 Å². The van der Waals surface area contributed by atoms with Gasteiger partial charge >= 0.3 is 5.97 Å². The number of hydrogen-bond donors (Lipinski definition) is 1. The van der Waals surface area contributed by atoms with Crippen molar-refractivity contribution >= 4 is 11.7 Å². The summed E-state index contributed by atoms with van der Waals surface area (Å²) in [5, 5.41) is 12.8. The molecule has 5 rings (SSSR count). The van der Waals surface area contributed by atoms with E-state index < -0.39 is 17.1 Å². The maximum Gasteiger partial charge on any atom is 0.303 e. The number of carbonyl (C=O) groups excluding carboxylic acids is 1. The summed E-state index contributed by atoms with van der Waals surface area (Å²) >= 11 is 0. The Hall–Kier alpha value is -2.09. The fourth-order valence-corrected chi connectivity index (χ4v) is 7.99. The molecule has 1 spiro atoms. The van der Waals surface area contributed by atoms with Gasteiger partial charge in [0.2, 0.25) is 0 Å². The van der Waals surface area contributed by atoms with E-state index in [9.17, 15) is 9.90 Å². The second kappa shape index (κ2) is 8.25. The van der Waals surface area contributed by atoms with Crippen LogP contribution in [0.15, 0.2) is 30.4 Å². The summed E-state index contributed by atoms with van der Waals surface area (Å²) in [6.07, 6.45) is 6.24. The average Bonchev–Trinajstić information content (AvgIpc) is 3.33. The number of aliphatic hydroxyl groups is 1. The molecule has 3 heterocycles. The van der Waals surface area contributed by atoms with E-state index in [2.05, 4.69) is 47.9 Å². The fraction of sp³-hybridized carbons (Fsp3) is 0.667. The smallest absolute Gasteiger partial charge is 0.303 e. The van der Waals surface area contributed by atoms with Crippen LogP contribution in [-0.4, -0.2) is 80.2 Å². The lowest BCUT2D eigenvalue weighted by Gasteiger charge is -2.64. The van der Waals surface area contributed by atoms with Gasteiger partial charge in [-0.2, -0.15) is 0 Å². The third-order valence-corrected chi connectivity index (χ3v) is 8.90. The number of rotatable bonds is 7. The highest BCUT2D eigenvalue weighted by Crippen LogP contribution is 2.67. The Morgan fingerprint density at radius 3 is 2.74 bits per heavy atom. The van der Waals surface area contributed by atoms with Gasteiger partial charge < -0.3 is 24.2 Å². The summed E-state index contributed by atoms with van der Waals surface area (Å²) in [6, 6.07) is 6.10. The van der Waals surface area contributed by atoms with Crippen LogP contribution in [0.4, 0.5) is 5.69 Å². The van der Waals surface area contributed by atoms with Crippen molar-refractivity contribution in [3.8, 4) is 5.75 Å². The van der Waals surface area contributed by atoms with Gasteiger partial charge in [-0.15, -0.1) is 0 Å². The van der Waals surface area contributed by atoms with Crippen LogP contribution in [0, 0.1) is 5.41 Å². The van der Waals surface area contributed by atoms with Gasteiger partial charge in [0, 0.05) is 55.7 Å². The Morgan fingerprint density at radius 2 is 2.06 bits per heavy atom. The van der Waals surface area contributed by atoms with Crippen molar-refractivity contribution in [3.05, 3.63) is 35.9 Å². The number of hydrogen-bond acceptors (Lipinski definition) is 7. The van der Waals surface area contributed by atoms with Crippen LogP contribution >= 0.6 is 0 Å². The molecule has 0 radical (unpaired) electrons. The highest BCUT2D eigenvalue weighted by atomic mass is 16.6. The maximum atomic E-state index is 12.8. The van der Waals surface area contributed by atoms with E-state index in [1.54, 1.807) is 7.11 Å². The molecule has 6 atom stereocenters. The number of carbonyl (C=O) groups is 1. The largest absolute Gasteiger partial charge is 0.497 e. The Labute approximate surface area is 202 Å². The first-order valence-corrected chi connectivity index (χ1v) is 12.6. The molecule has 34 heavy (non-hydrogen) atoms. The monoisotopic (exact) mass is 470 g/mol. The second-order valence-electron chi connectivity index (χ2n) is 10.5. The number of anilines is 1. The summed E-state index contributed by atoms with van der Waals surface area (Å²) in [5.41, 5.74) is 0.0769. The molecule has 186 valence electrons. The van der Waals surface area contributed by atoms with Gasteiger partial charge in [-0.25, -0.2) is 0 Å². The fourth-order valence-electron chi connectivity index (χ4n) is 7.99. The van der Waals surface area contributed by atoms with E-state index in [1.807, 2.05) is 13.1 Å². The quantitative estimate of drug-likeness (QED) is 0.373. The van der Waals surface area contributed by atoms with Crippen LogP contribution in [0.3, 0.4) is 0 Å². The number of likely N-dealkylation sites (N-methyl/N-ethyl adjacent to an activating group) is 1. The van der Waals surface area contributed by atoms with Crippen molar-refractivity contribution in [3.63, 3.8) is 0 Å². The molecule has 1 unspecified atom stereocenters. The van der Waals surface area contributed by atoms with Crippen molar-refractivity contribution in [2.75, 3.05) is 45.4 Å². The minimum absolute atomic E-state index is 0.105. The predicted octanol–water partition coefficient (Wildman–Crippen LogP) is 2.89. The minimum atomic E-state index is -1.40. The van der Waals surface area contributed by atoms with E-state index in [1.165, 1.54) is 12.5 Å². The van der Waals surface area contributed by atoms with Gasteiger partial charge in [-0.05, 0) is 37.4 Å². The van der Waals surface area contributed by atoms with Crippen molar-refractivity contribution in [1.82, 2.24) is 4.90 Å². The van der Waals surface area contributed by atoms with Crippen LogP contribution < -0.4 is 9.64 Å². The van der Waals surface area contributed by atoms with E-state index in [0.29, 0.717) is 6.61 Å². The number of nitrogens with zero attached hydrogens (tertiary/aromatic N) is 2. The molecule has 1 aromatic carbocycles. The number of benzene rings is 1. The van der Waals surface area contributed by atoms with Crippen LogP contribution in [0.5, 0.6) is 5.75 Å². The third kappa shape index (κ3) is 2.90. The number of fused-ring (bicyclic) bond motifs is 1. The highest BCUT2D eigenvalue weighted by Gasteiger charge is 2.77. The second-order valence-corrected chi connectivity index (χ2v) is 10.5. The van der Waals surface area contributed by atoms with Crippen LogP contribution in [0.2, 0.25) is 0 Å². The molecular formula is C27H38N2O5. The summed E-state index contributed by atoms with van der Waals surface area (Å²) < 4.78 is 17.8. The molecule has 0 amide bonds. The van der Waals surface area contributed by atoms with Crippen LogP contribution in [0.25, 0.3) is 0 Å². The number of esters is 1. The van der Waals surface area contributed by atoms with Gasteiger partial charge in [0.05, 0.1) is 19.8 Å². The molecule has 1 N–H and O–H groups in total. The molecule has 0 bridgehead atoms. The van der Waals surface area contributed by atoms with Crippen molar-refractivity contribution in [2.24, 2.45) is 5.41 Å². The first kappa shape index (κ1) is 23.6. The lowest BCUT2D eigenvalue weighted by atomic mass is 9.48. The first-order valence-electron chi connectivity index (χ1n) is 12.6. The zero-order valence-corrected chi connectivity index (χ0v) is 21.0. The Bertz CT molecular complexity index is 997. The molecule has 0 aromatic heterocycles. The molecular weight excluding hydrogens is 432 g/mol. The topological polar surface area (TPSA) is 71.5 Å². The Kier molecular flexibility index (Phi) is 5.73. The lowest BCUT2D eigenvalue weighted by Crippen LogP contribution is -2.80. The van der Waals surface area contributed by atoms with E-state index in [0.717, 1.165) is 43.8 Å². The van der Waals surface area contributed by atoms with Crippen molar-refractivity contribution in [1.29, 1.82) is 0 Å². The normalized spacial score (nSPS) is 37.8. The van der Waals surface area contributed by atoms with Crippen LogP contribution in [-0.2, 0) is 19.7 Å². The molecule has 1 aliphatic carbocycles. The molecule has 7 nitrogen and oxygen atoms in total. The summed E-state index contributed by atoms with van der Waals surface area (Å²) in [7, 11) is 3.73. The van der Waals surface area contributed by atoms with Gasteiger partial charge in [0.25, 0.3) is 0 Å². The predicted molar refractivity (Wildman–Crippen MR) is 130 cm³/mol. The number of ether oxygens (including phenoxy) is 3. The molecule has 1 saturated carbocycles. The van der Waals surface area contributed by atoms with Gasteiger partial charge in [-0.3, -0.25) is 9.69 Å². The molecule has 1 saturated heterocycles. The molecule has 7 heteroatoms. The zero-order chi connectivity index (χ0) is 24.3. The van der Waals surface area contributed by atoms with Crippen LogP contribution in [0.1, 0.15) is 45.6 Å². The average molecular weight is 471 g/mol. The minimum Gasteiger partial charge on any atom is -0.497 e. The van der Waals surface area contributed by atoms with Gasteiger partial charge in [0.1, 0.15) is 17.5 Å². The van der Waals surface area contributed by atoms with Crippen molar-refractivity contribution < 1.29 is 24.1 Å². The summed E-state index contributed by atoms with van der Waals surface area (Å²) in [6.45, 7) is 8.11. The molecule has 3 aliphatic heterocycles. The summed E-state index contributed by atoms with van der Waals surface area (Å²) in [5.74, 6) is 0.422. The molecule has 1 aromatic rings. The highest BCUT2D eigenvalue weighted by molar-refractivity contribution is 5.71. The number of methoxy groups -OCH3 is 1. The van der Waals surface area contributed by atoms with E-state index in [-0.39, 0.29) is 30.1 Å². The molecule has 4 aliphatic rings. The van der Waals surface area contributed by atoms with Gasteiger partial charge in [-0.1, -0.05) is 32.1 Å². The third-order valence-electron chi connectivity index (χ3n) is 8.90. The molecule has 2 fully saturated rings. The zero-order valence-electron chi connectivity index (χ0n) is 21.0. The SMILES string of the molecule is CCCOCC1(O)[C@H](OC(C)=O)[C@]2(CC)C=CCN3CC[C@@]4(c5ccc(OC)cc5N(C)[C@@H]14)[C@@H]32. The summed E-state index contributed by atoms with van der Waals surface area (Å²) in [4.78, 5) is 17.2. The lowest BCUT2D eigenvalue weighted by molar-refractivity contribution is -0.233. The maximum absolute atomic E-state index is 12.8.